The van der Waals surface area contributed by atoms with Crippen LogP contribution in [0.4, 0.5) is 4.79 Å². The fourth-order valence-electron chi connectivity index (χ4n) is 3.04. The third-order valence-electron chi connectivity index (χ3n) is 4.50. The van der Waals surface area contributed by atoms with E-state index in [1.807, 2.05) is 60.7 Å². The largest absolute Gasteiger partial charge is 0.452 e. The Labute approximate surface area is 174 Å². The second-order valence-corrected chi connectivity index (χ2v) is 6.76. The highest BCUT2D eigenvalue weighted by Gasteiger charge is 2.40. The van der Waals surface area contributed by atoms with Crippen molar-refractivity contribution in [1.82, 2.24) is 4.90 Å². The number of amides is 1. The standard InChI is InChI=1S/C23H23NO6/c1-17(25)30-22-20(16-28-14-18-8-4-2-5-9-18)24(13-12-21(22)26)23(27)29-15-19-10-6-3-7-11-19/h2-13,20,22H,14-16H2,1H3/t20-,22-/m1/s1. The van der Waals surface area contributed by atoms with Crippen molar-refractivity contribution in [2.75, 3.05) is 6.61 Å². The molecule has 0 radical (unpaired) electrons. The van der Waals surface area contributed by atoms with Gasteiger partial charge >= 0.3 is 12.1 Å². The molecule has 2 aromatic rings. The molecule has 0 aromatic heterocycles. The first kappa shape index (κ1) is 21.3. The van der Waals surface area contributed by atoms with Crippen LogP contribution in [0, 0.1) is 0 Å². The Morgan fingerprint density at radius 1 is 0.933 bits per heavy atom. The maximum absolute atomic E-state index is 12.7. The van der Waals surface area contributed by atoms with Crippen LogP contribution in [-0.4, -0.2) is 41.5 Å². The van der Waals surface area contributed by atoms with Crippen LogP contribution in [0.15, 0.2) is 72.9 Å². The van der Waals surface area contributed by atoms with Crippen LogP contribution in [-0.2, 0) is 37.0 Å². The van der Waals surface area contributed by atoms with E-state index < -0.39 is 30.0 Å². The van der Waals surface area contributed by atoms with Crippen LogP contribution < -0.4 is 0 Å². The van der Waals surface area contributed by atoms with Crippen molar-refractivity contribution in [2.24, 2.45) is 0 Å². The summed E-state index contributed by atoms with van der Waals surface area (Å²) in [6.45, 7) is 1.57. The molecular weight excluding hydrogens is 386 g/mol. The van der Waals surface area contributed by atoms with Gasteiger partial charge in [0.1, 0.15) is 12.6 Å². The number of rotatable bonds is 7. The number of carbonyl (C=O) groups is 3. The molecule has 0 fully saturated rings. The predicted octanol–water partition coefficient (Wildman–Crippen LogP) is 3.24. The summed E-state index contributed by atoms with van der Waals surface area (Å²) in [5, 5.41) is 0. The van der Waals surface area contributed by atoms with E-state index in [0.29, 0.717) is 0 Å². The van der Waals surface area contributed by atoms with Gasteiger partial charge in [0.2, 0.25) is 0 Å². The fourth-order valence-corrected chi connectivity index (χ4v) is 3.04. The Morgan fingerprint density at radius 2 is 1.53 bits per heavy atom. The topological polar surface area (TPSA) is 82.1 Å². The van der Waals surface area contributed by atoms with Crippen LogP contribution in [0.3, 0.4) is 0 Å². The number of benzene rings is 2. The number of hydrogen-bond acceptors (Lipinski definition) is 6. The first-order valence-corrected chi connectivity index (χ1v) is 9.54. The van der Waals surface area contributed by atoms with Crippen molar-refractivity contribution in [3.05, 3.63) is 84.1 Å². The Morgan fingerprint density at radius 3 is 2.13 bits per heavy atom. The molecule has 0 aliphatic carbocycles. The number of carbonyl (C=O) groups excluding carboxylic acids is 3. The van der Waals surface area contributed by atoms with Gasteiger partial charge in [-0.1, -0.05) is 60.7 Å². The second-order valence-electron chi connectivity index (χ2n) is 6.76. The number of nitrogens with zero attached hydrogens (tertiary/aromatic N) is 1. The van der Waals surface area contributed by atoms with E-state index in [0.717, 1.165) is 11.1 Å². The molecule has 1 heterocycles. The van der Waals surface area contributed by atoms with Crippen molar-refractivity contribution in [3.8, 4) is 0 Å². The van der Waals surface area contributed by atoms with Gasteiger partial charge in [0, 0.05) is 19.2 Å². The molecule has 3 rings (SSSR count). The third kappa shape index (κ3) is 5.78. The van der Waals surface area contributed by atoms with Crippen molar-refractivity contribution in [3.63, 3.8) is 0 Å². The van der Waals surface area contributed by atoms with Crippen LogP contribution in [0.1, 0.15) is 18.1 Å². The van der Waals surface area contributed by atoms with E-state index in [1.54, 1.807) is 0 Å². The second kappa shape index (κ2) is 10.4. The van der Waals surface area contributed by atoms with E-state index in [2.05, 4.69) is 0 Å². The molecule has 1 amide bonds. The zero-order chi connectivity index (χ0) is 21.3. The minimum Gasteiger partial charge on any atom is -0.452 e. The molecule has 30 heavy (non-hydrogen) atoms. The molecule has 0 unspecified atom stereocenters. The van der Waals surface area contributed by atoms with Gasteiger partial charge in [0.25, 0.3) is 0 Å². The quantitative estimate of drug-likeness (QED) is 0.653. The molecule has 0 spiro atoms. The maximum Gasteiger partial charge on any atom is 0.414 e. The summed E-state index contributed by atoms with van der Waals surface area (Å²) >= 11 is 0. The van der Waals surface area contributed by atoms with Crippen LogP contribution >= 0.6 is 0 Å². The lowest BCUT2D eigenvalue weighted by Gasteiger charge is -2.35. The predicted molar refractivity (Wildman–Crippen MR) is 108 cm³/mol. The summed E-state index contributed by atoms with van der Waals surface area (Å²) < 4.78 is 16.3. The number of esters is 1. The summed E-state index contributed by atoms with van der Waals surface area (Å²) in [6, 6.07) is 17.9. The smallest absolute Gasteiger partial charge is 0.414 e. The van der Waals surface area contributed by atoms with Gasteiger partial charge < -0.3 is 14.2 Å². The molecule has 0 bridgehead atoms. The molecule has 1 aliphatic rings. The highest BCUT2D eigenvalue weighted by atomic mass is 16.6. The Kier molecular flexibility index (Phi) is 7.34. The summed E-state index contributed by atoms with van der Waals surface area (Å²) in [5.74, 6) is -1.03. The Balaban J connectivity index is 1.70. The molecule has 156 valence electrons. The molecule has 0 saturated heterocycles. The maximum atomic E-state index is 12.7. The molecule has 2 atom stereocenters. The number of hydrogen-bond donors (Lipinski definition) is 0. The lowest BCUT2D eigenvalue weighted by molar-refractivity contribution is -0.157. The third-order valence-corrected chi connectivity index (χ3v) is 4.50. The molecule has 2 aromatic carbocycles. The normalized spacial score (nSPS) is 18.2. The zero-order valence-electron chi connectivity index (χ0n) is 16.6. The van der Waals surface area contributed by atoms with Gasteiger partial charge in [-0.15, -0.1) is 0 Å². The number of ether oxygens (including phenoxy) is 3. The van der Waals surface area contributed by atoms with Gasteiger partial charge in [-0.05, 0) is 11.1 Å². The van der Waals surface area contributed by atoms with E-state index in [9.17, 15) is 14.4 Å². The zero-order valence-corrected chi connectivity index (χ0v) is 16.6. The van der Waals surface area contributed by atoms with Gasteiger partial charge in [0.05, 0.1) is 13.2 Å². The lowest BCUT2D eigenvalue weighted by atomic mass is 10.0. The lowest BCUT2D eigenvalue weighted by Crippen LogP contribution is -2.53. The van der Waals surface area contributed by atoms with E-state index in [-0.39, 0.29) is 19.8 Å². The summed E-state index contributed by atoms with van der Waals surface area (Å²) in [6.07, 6.45) is 0.720. The SMILES string of the molecule is CC(=O)O[C@H]1C(=O)C=CN(C(=O)OCc2ccccc2)[C@@H]1COCc1ccccc1. The summed E-state index contributed by atoms with van der Waals surface area (Å²) in [5.41, 5.74) is 1.77. The fraction of sp³-hybridized carbons (Fsp3) is 0.261. The van der Waals surface area contributed by atoms with E-state index >= 15 is 0 Å². The van der Waals surface area contributed by atoms with Gasteiger partial charge in [-0.3, -0.25) is 14.5 Å². The molecule has 7 nitrogen and oxygen atoms in total. The Hall–Kier alpha value is -3.45. The van der Waals surface area contributed by atoms with Crippen molar-refractivity contribution in [1.29, 1.82) is 0 Å². The minimum atomic E-state index is -1.16. The van der Waals surface area contributed by atoms with E-state index in [1.165, 1.54) is 24.1 Å². The van der Waals surface area contributed by atoms with Crippen LogP contribution in [0.25, 0.3) is 0 Å². The average molecular weight is 409 g/mol. The molecule has 0 saturated carbocycles. The Bertz CT molecular complexity index is 896. The monoisotopic (exact) mass is 409 g/mol. The highest BCUT2D eigenvalue weighted by Crippen LogP contribution is 2.20. The van der Waals surface area contributed by atoms with Gasteiger partial charge in [-0.2, -0.15) is 0 Å². The van der Waals surface area contributed by atoms with Crippen molar-refractivity contribution >= 4 is 17.8 Å². The summed E-state index contributed by atoms with van der Waals surface area (Å²) in [7, 11) is 0. The van der Waals surface area contributed by atoms with E-state index in [4.69, 9.17) is 14.2 Å². The van der Waals surface area contributed by atoms with Crippen LogP contribution in [0.2, 0.25) is 0 Å². The van der Waals surface area contributed by atoms with Gasteiger partial charge in [-0.25, -0.2) is 4.79 Å². The molecule has 7 heteroatoms. The van der Waals surface area contributed by atoms with Crippen LogP contribution in [0.5, 0.6) is 0 Å². The summed E-state index contributed by atoms with van der Waals surface area (Å²) in [4.78, 5) is 37.8. The minimum absolute atomic E-state index is 0.0106. The molecular formula is C23H23NO6. The first-order valence-electron chi connectivity index (χ1n) is 9.54. The number of ketones is 1. The van der Waals surface area contributed by atoms with Crippen molar-refractivity contribution in [2.45, 2.75) is 32.3 Å². The average Bonchev–Trinajstić information content (AvgIpc) is 2.75. The molecule has 0 N–H and O–H groups in total. The van der Waals surface area contributed by atoms with Crippen molar-refractivity contribution < 1.29 is 28.6 Å². The molecule has 1 aliphatic heterocycles. The highest BCUT2D eigenvalue weighted by molar-refractivity contribution is 5.97. The van der Waals surface area contributed by atoms with Gasteiger partial charge in [0.15, 0.2) is 11.9 Å². The first-order chi connectivity index (χ1) is 14.5.